The van der Waals surface area contributed by atoms with E-state index in [1.54, 1.807) is 0 Å². The van der Waals surface area contributed by atoms with Crippen molar-refractivity contribution in [2.24, 2.45) is 5.41 Å². The molecule has 0 aliphatic carbocycles. The van der Waals surface area contributed by atoms with Gasteiger partial charge in [-0.25, -0.2) is 9.59 Å². The molecule has 3 rings (SSSR count). The Hall–Kier alpha value is -2.40. The van der Waals surface area contributed by atoms with Crippen molar-refractivity contribution < 1.29 is 33.3 Å². The predicted molar refractivity (Wildman–Crippen MR) is 66.9 cm³/mol. The maximum Gasteiger partial charge on any atom is 0.344 e. The minimum absolute atomic E-state index is 0.132. The van der Waals surface area contributed by atoms with E-state index in [0.29, 0.717) is 0 Å². The third-order valence-electron chi connectivity index (χ3n) is 4.06. The average Bonchev–Trinajstić information content (AvgIpc) is 3.06. The SMILES string of the molecule is C=C(C)C(=O)OCC(=O)OC1C2CC3(C#N)C(=O)OC1C3O2. The Kier molecular flexibility index (Phi) is 3.18. The van der Waals surface area contributed by atoms with Crippen LogP contribution in [0.3, 0.4) is 0 Å². The zero-order chi connectivity index (χ0) is 16.1. The minimum atomic E-state index is -1.29. The molecule has 5 atom stereocenters. The lowest BCUT2D eigenvalue weighted by molar-refractivity contribution is -0.167. The first kappa shape index (κ1) is 14.5. The number of carbonyl (C=O) groups is 3. The molecule has 22 heavy (non-hydrogen) atoms. The number of ether oxygens (including phenoxy) is 4. The van der Waals surface area contributed by atoms with Crippen LogP contribution in [0.2, 0.25) is 0 Å². The smallest absolute Gasteiger partial charge is 0.344 e. The quantitative estimate of drug-likeness (QED) is 0.392. The normalized spacial score (nSPS) is 37.4. The number of nitriles is 1. The number of carbonyl (C=O) groups excluding carboxylic acids is 3. The van der Waals surface area contributed by atoms with Crippen molar-refractivity contribution in [2.75, 3.05) is 6.61 Å². The maximum absolute atomic E-state index is 11.8. The van der Waals surface area contributed by atoms with Crippen LogP contribution in [0.25, 0.3) is 0 Å². The van der Waals surface area contributed by atoms with Crippen molar-refractivity contribution in [3.63, 3.8) is 0 Å². The molecule has 8 heteroatoms. The molecule has 8 nitrogen and oxygen atoms in total. The standard InChI is InChI=1S/C14H13NO7/c1-6(2)12(17)19-4-8(16)21-9-7-3-14(5-15)11(20-7)10(9)22-13(14)18/h7,9-11H,1,3-4H2,2H3. The van der Waals surface area contributed by atoms with Gasteiger partial charge in [0.1, 0.15) is 12.2 Å². The van der Waals surface area contributed by atoms with Crippen LogP contribution >= 0.6 is 0 Å². The van der Waals surface area contributed by atoms with Crippen molar-refractivity contribution in [1.82, 2.24) is 0 Å². The molecule has 0 spiro atoms. The van der Waals surface area contributed by atoms with E-state index < -0.39 is 54.3 Å². The third-order valence-corrected chi connectivity index (χ3v) is 4.06. The van der Waals surface area contributed by atoms with Crippen LogP contribution in [-0.4, -0.2) is 48.9 Å². The van der Waals surface area contributed by atoms with Gasteiger partial charge in [0.15, 0.2) is 24.2 Å². The molecule has 0 aromatic carbocycles. The van der Waals surface area contributed by atoms with Gasteiger partial charge >= 0.3 is 17.9 Å². The largest absolute Gasteiger partial charge is 0.454 e. The molecule has 116 valence electrons. The summed E-state index contributed by atoms with van der Waals surface area (Å²) in [6, 6.07) is 1.96. The number of nitrogens with zero attached hydrogens (tertiary/aromatic N) is 1. The molecule has 3 saturated heterocycles. The van der Waals surface area contributed by atoms with E-state index in [4.69, 9.17) is 14.2 Å². The van der Waals surface area contributed by atoms with Crippen LogP contribution in [0.15, 0.2) is 12.2 Å². The first-order chi connectivity index (χ1) is 10.4. The van der Waals surface area contributed by atoms with Gasteiger partial charge in [0.2, 0.25) is 0 Å². The summed E-state index contributed by atoms with van der Waals surface area (Å²) in [6.07, 6.45) is -2.72. The van der Waals surface area contributed by atoms with Crippen molar-refractivity contribution in [2.45, 2.75) is 37.8 Å². The van der Waals surface area contributed by atoms with Gasteiger partial charge in [-0.05, 0) is 6.92 Å². The highest BCUT2D eigenvalue weighted by Crippen LogP contribution is 2.54. The molecule has 0 radical (unpaired) electrons. The number of hydrogen-bond acceptors (Lipinski definition) is 8. The Morgan fingerprint density at radius 1 is 1.55 bits per heavy atom. The summed E-state index contributed by atoms with van der Waals surface area (Å²) in [4.78, 5) is 34.7. The van der Waals surface area contributed by atoms with Crippen molar-refractivity contribution >= 4 is 17.9 Å². The van der Waals surface area contributed by atoms with Gasteiger partial charge in [0.05, 0.1) is 6.07 Å². The molecule has 0 aromatic heterocycles. The molecule has 0 saturated carbocycles. The first-order valence-electron chi connectivity index (χ1n) is 6.69. The molecule has 3 aliphatic heterocycles. The van der Waals surface area contributed by atoms with Crippen LogP contribution in [0.5, 0.6) is 0 Å². The van der Waals surface area contributed by atoms with Gasteiger partial charge in [-0.3, -0.25) is 4.79 Å². The fourth-order valence-corrected chi connectivity index (χ4v) is 3.01. The molecule has 3 heterocycles. The van der Waals surface area contributed by atoms with Crippen LogP contribution in [0.1, 0.15) is 13.3 Å². The molecule has 0 aromatic rings. The number of hydrogen-bond donors (Lipinski definition) is 0. The maximum atomic E-state index is 11.8. The van der Waals surface area contributed by atoms with Gasteiger partial charge in [-0.1, -0.05) is 6.58 Å². The Morgan fingerprint density at radius 3 is 2.91 bits per heavy atom. The lowest BCUT2D eigenvalue weighted by Gasteiger charge is -2.24. The highest BCUT2D eigenvalue weighted by atomic mass is 16.7. The monoisotopic (exact) mass is 307 g/mol. The highest BCUT2D eigenvalue weighted by molar-refractivity contribution is 5.88. The van der Waals surface area contributed by atoms with E-state index >= 15 is 0 Å². The highest BCUT2D eigenvalue weighted by Gasteiger charge is 2.74. The van der Waals surface area contributed by atoms with Gasteiger partial charge in [-0.2, -0.15) is 5.26 Å². The van der Waals surface area contributed by atoms with Crippen LogP contribution in [0.4, 0.5) is 0 Å². The van der Waals surface area contributed by atoms with E-state index in [-0.39, 0.29) is 12.0 Å². The van der Waals surface area contributed by atoms with E-state index in [0.717, 1.165) is 0 Å². The summed E-state index contributed by atoms with van der Waals surface area (Å²) >= 11 is 0. The topological polar surface area (TPSA) is 112 Å². The fraction of sp³-hybridized carbons (Fsp3) is 0.571. The van der Waals surface area contributed by atoms with Gasteiger partial charge < -0.3 is 18.9 Å². The van der Waals surface area contributed by atoms with E-state index in [9.17, 15) is 19.6 Å². The van der Waals surface area contributed by atoms with Gasteiger partial charge in [0, 0.05) is 12.0 Å². The molecule has 0 amide bonds. The molecule has 2 bridgehead atoms. The summed E-state index contributed by atoms with van der Waals surface area (Å²) in [5.74, 6) is -2.11. The average molecular weight is 307 g/mol. The summed E-state index contributed by atoms with van der Waals surface area (Å²) in [5.41, 5.74) is -1.12. The minimum Gasteiger partial charge on any atom is -0.454 e. The zero-order valence-corrected chi connectivity index (χ0v) is 11.7. The molecule has 0 N–H and O–H groups in total. The Labute approximate surface area is 125 Å². The second kappa shape index (κ2) is 4.81. The number of rotatable bonds is 4. The summed E-state index contributed by atoms with van der Waals surface area (Å²) < 4.78 is 20.5. The zero-order valence-electron chi connectivity index (χ0n) is 11.7. The van der Waals surface area contributed by atoms with Crippen molar-refractivity contribution in [3.05, 3.63) is 12.2 Å². The van der Waals surface area contributed by atoms with E-state index in [1.807, 2.05) is 6.07 Å². The molecule has 3 fully saturated rings. The Balaban J connectivity index is 1.61. The Morgan fingerprint density at radius 2 is 2.27 bits per heavy atom. The van der Waals surface area contributed by atoms with Gasteiger partial charge in [0.25, 0.3) is 0 Å². The molecule has 3 aliphatic rings. The Bertz CT molecular complexity index is 621. The summed E-state index contributed by atoms with van der Waals surface area (Å²) in [7, 11) is 0. The van der Waals surface area contributed by atoms with Crippen LogP contribution < -0.4 is 0 Å². The van der Waals surface area contributed by atoms with Gasteiger partial charge in [-0.15, -0.1) is 0 Å². The van der Waals surface area contributed by atoms with Crippen molar-refractivity contribution in [1.29, 1.82) is 5.26 Å². The summed E-state index contributed by atoms with van der Waals surface area (Å²) in [5, 5.41) is 9.20. The molecular formula is C14H13NO7. The van der Waals surface area contributed by atoms with E-state index in [2.05, 4.69) is 11.3 Å². The third kappa shape index (κ3) is 1.89. The second-order valence-electron chi connectivity index (χ2n) is 5.56. The second-order valence-corrected chi connectivity index (χ2v) is 5.56. The first-order valence-corrected chi connectivity index (χ1v) is 6.69. The lowest BCUT2D eigenvalue weighted by atomic mass is 9.75. The molecule has 5 unspecified atom stereocenters. The predicted octanol–water partition coefficient (Wildman–Crippen LogP) is -0.376. The number of fused-ring (bicyclic) bond motifs is 1. The fourth-order valence-electron chi connectivity index (χ4n) is 3.01. The van der Waals surface area contributed by atoms with E-state index in [1.165, 1.54) is 6.92 Å². The van der Waals surface area contributed by atoms with Crippen LogP contribution in [-0.2, 0) is 33.3 Å². The number of esters is 3. The van der Waals surface area contributed by atoms with Crippen molar-refractivity contribution in [3.8, 4) is 6.07 Å². The lowest BCUT2D eigenvalue weighted by Crippen LogP contribution is -2.44. The molecular weight excluding hydrogens is 294 g/mol. The van der Waals surface area contributed by atoms with Crippen LogP contribution in [0, 0.1) is 16.7 Å². The summed E-state index contributed by atoms with van der Waals surface area (Å²) in [6.45, 7) is 4.28.